The smallest absolute Gasteiger partial charge is 0.221 e. The minimum absolute atomic E-state index is 0.130. The first-order valence-electron chi connectivity index (χ1n) is 6.05. The fourth-order valence-corrected chi connectivity index (χ4v) is 2.55. The van der Waals surface area contributed by atoms with E-state index in [4.69, 9.17) is 0 Å². The number of amides is 1. The van der Waals surface area contributed by atoms with Crippen LogP contribution in [0.5, 0.6) is 0 Å². The molecule has 6 heteroatoms. The van der Waals surface area contributed by atoms with Crippen molar-refractivity contribution < 1.29 is 13.6 Å². The number of hydrogen-bond acceptors (Lipinski definition) is 3. The number of carbonyl (C=O) groups excluding carboxylic acids is 1. The van der Waals surface area contributed by atoms with Crippen LogP contribution in [-0.4, -0.2) is 5.91 Å². The molecule has 0 fully saturated rings. The lowest BCUT2D eigenvalue weighted by Crippen LogP contribution is -2.15. The predicted molar refractivity (Wildman–Crippen MR) is 75.5 cm³/mol. The average Bonchev–Trinajstić information content (AvgIpc) is 2.79. The van der Waals surface area contributed by atoms with E-state index in [0.29, 0.717) is 18.7 Å². The molecule has 2 rings (SSSR count). The molecular formula is C14H14F2N2OS. The molecule has 2 N–H and O–H groups in total. The van der Waals surface area contributed by atoms with Gasteiger partial charge in [-0.3, -0.25) is 4.79 Å². The number of anilines is 1. The zero-order chi connectivity index (χ0) is 14.5. The number of halogens is 2. The lowest BCUT2D eigenvalue weighted by atomic mass is 10.2. The van der Waals surface area contributed by atoms with Crippen LogP contribution < -0.4 is 10.6 Å². The van der Waals surface area contributed by atoms with Crippen molar-refractivity contribution >= 4 is 22.9 Å². The fourth-order valence-electron chi connectivity index (χ4n) is 1.75. The third-order valence-corrected chi connectivity index (χ3v) is 3.59. The van der Waals surface area contributed by atoms with Crippen molar-refractivity contribution in [2.24, 2.45) is 0 Å². The zero-order valence-corrected chi connectivity index (χ0v) is 11.7. The maximum atomic E-state index is 13.4. The molecule has 0 unspecified atom stereocenters. The number of nitrogens with one attached hydrogen (secondary N) is 2. The normalized spacial score (nSPS) is 10.6. The van der Waals surface area contributed by atoms with Crippen LogP contribution in [0.25, 0.3) is 0 Å². The van der Waals surface area contributed by atoms with E-state index in [1.165, 1.54) is 30.4 Å². The monoisotopic (exact) mass is 296 g/mol. The minimum Gasteiger partial charge on any atom is -0.325 e. The third-order valence-electron chi connectivity index (χ3n) is 2.67. The molecule has 0 aliphatic rings. The van der Waals surface area contributed by atoms with E-state index < -0.39 is 11.6 Å². The van der Waals surface area contributed by atoms with Crippen molar-refractivity contribution in [3.8, 4) is 0 Å². The molecule has 0 spiro atoms. The van der Waals surface area contributed by atoms with Crippen LogP contribution in [-0.2, 0) is 17.9 Å². The average molecular weight is 296 g/mol. The lowest BCUT2D eigenvalue weighted by molar-refractivity contribution is -0.114. The molecule has 0 aliphatic carbocycles. The SMILES string of the molecule is CC(=O)Nc1ccsc1CNCc1ccc(F)cc1F. The van der Waals surface area contributed by atoms with Gasteiger partial charge in [-0.05, 0) is 17.5 Å². The van der Waals surface area contributed by atoms with Gasteiger partial charge in [-0.15, -0.1) is 11.3 Å². The van der Waals surface area contributed by atoms with Crippen molar-refractivity contribution in [1.29, 1.82) is 0 Å². The summed E-state index contributed by atoms with van der Waals surface area (Å²) in [5.74, 6) is -1.28. The van der Waals surface area contributed by atoms with Crippen molar-refractivity contribution in [3.05, 3.63) is 51.7 Å². The number of rotatable bonds is 5. The van der Waals surface area contributed by atoms with E-state index in [1.54, 1.807) is 0 Å². The quantitative estimate of drug-likeness (QED) is 0.889. The molecule has 2 aromatic rings. The molecule has 0 bridgehead atoms. The van der Waals surface area contributed by atoms with Gasteiger partial charge in [-0.2, -0.15) is 0 Å². The number of carbonyl (C=O) groups is 1. The summed E-state index contributed by atoms with van der Waals surface area (Å²) in [5.41, 5.74) is 1.17. The Morgan fingerprint density at radius 2 is 2.05 bits per heavy atom. The van der Waals surface area contributed by atoms with Crippen LogP contribution in [0.2, 0.25) is 0 Å². The van der Waals surface area contributed by atoms with Crippen molar-refractivity contribution in [1.82, 2.24) is 5.32 Å². The first-order chi connectivity index (χ1) is 9.56. The van der Waals surface area contributed by atoms with Gasteiger partial charge in [0.2, 0.25) is 5.91 Å². The highest BCUT2D eigenvalue weighted by molar-refractivity contribution is 7.10. The van der Waals surface area contributed by atoms with Crippen molar-refractivity contribution in [3.63, 3.8) is 0 Å². The maximum Gasteiger partial charge on any atom is 0.221 e. The molecule has 106 valence electrons. The Balaban J connectivity index is 1.93. The van der Waals surface area contributed by atoms with E-state index in [2.05, 4.69) is 10.6 Å². The molecule has 20 heavy (non-hydrogen) atoms. The summed E-state index contributed by atoms with van der Waals surface area (Å²) in [5, 5.41) is 7.68. The Kier molecular flexibility index (Phi) is 4.81. The number of benzene rings is 1. The summed E-state index contributed by atoms with van der Waals surface area (Å²) in [7, 11) is 0. The molecule has 1 heterocycles. The Hall–Kier alpha value is -1.79. The zero-order valence-electron chi connectivity index (χ0n) is 10.9. The van der Waals surface area contributed by atoms with Crippen molar-refractivity contribution in [2.45, 2.75) is 20.0 Å². The largest absolute Gasteiger partial charge is 0.325 e. The van der Waals surface area contributed by atoms with Crippen LogP contribution >= 0.6 is 11.3 Å². The molecule has 0 saturated carbocycles. The summed E-state index contributed by atoms with van der Waals surface area (Å²) in [4.78, 5) is 12.0. The Morgan fingerprint density at radius 3 is 2.75 bits per heavy atom. The second-order valence-corrected chi connectivity index (χ2v) is 5.28. The first kappa shape index (κ1) is 14.6. The molecule has 0 atom stereocenters. The van der Waals surface area contributed by atoms with Gasteiger partial charge >= 0.3 is 0 Å². The van der Waals surface area contributed by atoms with Crippen LogP contribution in [0.3, 0.4) is 0 Å². The van der Waals surface area contributed by atoms with Crippen LogP contribution in [0, 0.1) is 11.6 Å². The van der Waals surface area contributed by atoms with Crippen LogP contribution in [0.4, 0.5) is 14.5 Å². The summed E-state index contributed by atoms with van der Waals surface area (Å²) in [6, 6.07) is 5.33. The van der Waals surface area contributed by atoms with Gasteiger partial charge in [0, 0.05) is 36.5 Å². The standard InChI is InChI=1S/C14H14F2N2OS/c1-9(19)18-13-4-5-20-14(13)8-17-7-10-2-3-11(15)6-12(10)16/h2-6,17H,7-8H2,1H3,(H,18,19). The summed E-state index contributed by atoms with van der Waals surface area (Å²) >= 11 is 1.50. The van der Waals surface area contributed by atoms with Gasteiger partial charge in [-0.1, -0.05) is 6.07 Å². The third kappa shape index (κ3) is 3.85. The topological polar surface area (TPSA) is 41.1 Å². The van der Waals surface area contributed by atoms with Gasteiger partial charge in [0.05, 0.1) is 5.69 Å². The highest BCUT2D eigenvalue weighted by atomic mass is 32.1. The Bertz CT molecular complexity index is 613. The molecule has 0 radical (unpaired) electrons. The molecule has 1 amide bonds. The number of thiophene rings is 1. The summed E-state index contributed by atoms with van der Waals surface area (Å²) < 4.78 is 26.2. The maximum absolute atomic E-state index is 13.4. The van der Waals surface area contributed by atoms with Crippen molar-refractivity contribution in [2.75, 3.05) is 5.32 Å². The Labute approximate surface area is 119 Å². The molecule has 3 nitrogen and oxygen atoms in total. The highest BCUT2D eigenvalue weighted by Gasteiger charge is 2.07. The summed E-state index contributed by atoms with van der Waals surface area (Å²) in [6.45, 7) is 2.25. The van der Waals surface area contributed by atoms with Gasteiger partial charge in [-0.25, -0.2) is 8.78 Å². The second-order valence-electron chi connectivity index (χ2n) is 4.28. The lowest BCUT2D eigenvalue weighted by Gasteiger charge is -2.07. The second kappa shape index (κ2) is 6.58. The van der Waals surface area contributed by atoms with E-state index >= 15 is 0 Å². The highest BCUT2D eigenvalue weighted by Crippen LogP contribution is 2.22. The number of hydrogen-bond donors (Lipinski definition) is 2. The van der Waals surface area contributed by atoms with E-state index in [1.807, 2.05) is 11.4 Å². The van der Waals surface area contributed by atoms with Gasteiger partial charge in [0.25, 0.3) is 0 Å². The summed E-state index contributed by atoms with van der Waals surface area (Å²) in [6.07, 6.45) is 0. The predicted octanol–water partition coefficient (Wildman–Crippen LogP) is 3.27. The molecule has 0 aliphatic heterocycles. The van der Waals surface area contributed by atoms with Crippen LogP contribution in [0.15, 0.2) is 29.6 Å². The van der Waals surface area contributed by atoms with Crippen LogP contribution in [0.1, 0.15) is 17.4 Å². The van der Waals surface area contributed by atoms with Gasteiger partial charge in [0.1, 0.15) is 11.6 Å². The van der Waals surface area contributed by atoms with Gasteiger partial charge in [0.15, 0.2) is 0 Å². The van der Waals surface area contributed by atoms with Gasteiger partial charge < -0.3 is 10.6 Å². The Morgan fingerprint density at radius 1 is 1.25 bits per heavy atom. The minimum atomic E-state index is -0.586. The molecule has 1 aromatic heterocycles. The molecular weight excluding hydrogens is 282 g/mol. The molecule has 1 aromatic carbocycles. The fraction of sp³-hybridized carbons (Fsp3) is 0.214. The van der Waals surface area contributed by atoms with E-state index in [0.717, 1.165) is 16.6 Å². The van der Waals surface area contributed by atoms with E-state index in [9.17, 15) is 13.6 Å². The van der Waals surface area contributed by atoms with E-state index in [-0.39, 0.29) is 5.91 Å². The first-order valence-corrected chi connectivity index (χ1v) is 6.93. The molecule has 0 saturated heterocycles.